The van der Waals surface area contributed by atoms with Crippen molar-refractivity contribution in [1.29, 1.82) is 0 Å². The molecule has 38 heavy (non-hydrogen) atoms. The molecule has 0 saturated carbocycles. The van der Waals surface area contributed by atoms with Gasteiger partial charge in [-0.15, -0.1) is 0 Å². The topological polar surface area (TPSA) is 149 Å². The van der Waals surface area contributed by atoms with Gasteiger partial charge in [-0.3, -0.25) is 9.36 Å². The molecule has 11 nitrogen and oxygen atoms in total. The summed E-state index contributed by atoms with van der Waals surface area (Å²) in [4.78, 5) is 25.2. The average molecular weight is 538 g/mol. The fourth-order valence-corrected chi connectivity index (χ4v) is 4.62. The number of ether oxygens (including phenoxy) is 2. The van der Waals surface area contributed by atoms with Crippen LogP contribution in [0.15, 0.2) is 61.2 Å². The summed E-state index contributed by atoms with van der Waals surface area (Å²) < 4.78 is 13.6. The smallest absolute Gasteiger partial charge is 0.250 e. The SMILES string of the molecule is CNC(=O)[C@H]1O[C@@H](n2cnc3c(NCc4cc(Cl)ccc4OC(C)c4ccccc4)ncnc32)[C@H](O)[C@@H]1N. The average Bonchev–Trinajstić information content (AvgIpc) is 3.49. The number of anilines is 1. The number of fused-ring (bicyclic) bond motifs is 1. The molecule has 1 aliphatic rings. The zero-order valence-electron chi connectivity index (χ0n) is 20.8. The van der Waals surface area contributed by atoms with Gasteiger partial charge in [-0.2, -0.15) is 0 Å². The third-order valence-corrected chi connectivity index (χ3v) is 6.74. The summed E-state index contributed by atoms with van der Waals surface area (Å²) in [5.74, 6) is 0.739. The number of amides is 1. The Kier molecular flexibility index (Phi) is 7.43. The maximum absolute atomic E-state index is 12.1. The van der Waals surface area contributed by atoms with E-state index < -0.39 is 30.4 Å². The van der Waals surface area contributed by atoms with Crippen LogP contribution >= 0.6 is 11.6 Å². The molecule has 1 amide bonds. The Hall–Kier alpha value is -3.77. The number of nitrogens with two attached hydrogens (primary N) is 1. The number of aliphatic hydroxyl groups excluding tert-OH is 1. The van der Waals surface area contributed by atoms with E-state index in [0.29, 0.717) is 34.3 Å². The minimum atomic E-state index is -1.14. The third-order valence-electron chi connectivity index (χ3n) is 6.50. The van der Waals surface area contributed by atoms with Gasteiger partial charge in [0.05, 0.1) is 12.4 Å². The van der Waals surface area contributed by atoms with E-state index in [2.05, 4.69) is 25.6 Å². The van der Waals surface area contributed by atoms with Crippen molar-refractivity contribution in [3.8, 4) is 5.75 Å². The molecule has 5 atom stereocenters. The lowest BCUT2D eigenvalue weighted by Gasteiger charge is -2.19. The number of halogens is 1. The highest BCUT2D eigenvalue weighted by Crippen LogP contribution is 2.32. The summed E-state index contributed by atoms with van der Waals surface area (Å²) >= 11 is 6.29. The van der Waals surface area contributed by atoms with Gasteiger partial charge in [-0.25, -0.2) is 15.0 Å². The highest BCUT2D eigenvalue weighted by Gasteiger charge is 2.46. The lowest BCUT2D eigenvalue weighted by Crippen LogP contribution is -2.46. The molecule has 5 rings (SSSR count). The third kappa shape index (κ3) is 5.01. The summed E-state index contributed by atoms with van der Waals surface area (Å²) in [5, 5.41) is 17.0. The van der Waals surface area contributed by atoms with Crippen molar-refractivity contribution in [2.45, 2.75) is 44.1 Å². The number of imidazole rings is 1. The maximum atomic E-state index is 12.1. The van der Waals surface area contributed by atoms with Gasteiger partial charge in [-0.1, -0.05) is 41.9 Å². The van der Waals surface area contributed by atoms with Crippen molar-refractivity contribution in [3.05, 3.63) is 77.3 Å². The molecule has 0 radical (unpaired) electrons. The maximum Gasteiger partial charge on any atom is 0.250 e. The number of rotatable bonds is 8. The minimum Gasteiger partial charge on any atom is -0.486 e. The van der Waals surface area contributed by atoms with E-state index in [1.807, 2.05) is 49.4 Å². The van der Waals surface area contributed by atoms with Crippen LogP contribution in [0.2, 0.25) is 5.02 Å². The van der Waals surface area contributed by atoms with E-state index in [1.165, 1.54) is 19.7 Å². The predicted molar refractivity (Wildman–Crippen MR) is 142 cm³/mol. The molecule has 1 aliphatic heterocycles. The molecule has 2 aromatic heterocycles. The van der Waals surface area contributed by atoms with E-state index in [1.54, 1.807) is 10.6 Å². The molecule has 3 heterocycles. The Labute approximate surface area is 224 Å². The number of aromatic nitrogens is 4. The molecule has 0 bridgehead atoms. The van der Waals surface area contributed by atoms with Crippen LogP contribution in [-0.2, 0) is 16.1 Å². The Morgan fingerprint density at radius 1 is 1.24 bits per heavy atom. The molecule has 1 unspecified atom stereocenters. The molecular formula is C26H28ClN7O4. The largest absolute Gasteiger partial charge is 0.486 e. The Morgan fingerprint density at radius 3 is 2.79 bits per heavy atom. The van der Waals surface area contributed by atoms with Crippen LogP contribution in [0.4, 0.5) is 5.82 Å². The van der Waals surface area contributed by atoms with Gasteiger partial charge in [0.15, 0.2) is 29.3 Å². The van der Waals surface area contributed by atoms with E-state index in [0.717, 1.165) is 11.1 Å². The van der Waals surface area contributed by atoms with Gasteiger partial charge in [-0.05, 0) is 30.7 Å². The van der Waals surface area contributed by atoms with Crippen molar-refractivity contribution in [2.75, 3.05) is 12.4 Å². The number of likely N-dealkylation sites (N-methyl/N-ethyl adjacent to an activating group) is 1. The van der Waals surface area contributed by atoms with E-state index in [9.17, 15) is 9.90 Å². The second kappa shape index (κ2) is 10.9. The van der Waals surface area contributed by atoms with Crippen LogP contribution < -0.4 is 21.1 Å². The zero-order valence-corrected chi connectivity index (χ0v) is 21.5. The number of nitrogens with one attached hydrogen (secondary N) is 2. The van der Waals surface area contributed by atoms with Crippen LogP contribution in [-0.4, -0.2) is 55.8 Å². The van der Waals surface area contributed by atoms with Crippen molar-refractivity contribution in [2.24, 2.45) is 5.73 Å². The molecule has 1 fully saturated rings. The molecule has 2 aromatic carbocycles. The highest BCUT2D eigenvalue weighted by molar-refractivity contribution is 6.30. The Bertz CT molecular complexity index is 1430. The van der Waals surface area contributed by atoms with Gasteiger partial charge in [0, 0.05) is 24.2 Å². The van der Waals surface area contributed by atoms with Crippen LogP contribution in [0.1, 0.15) is 30.4 Å². The van der Waals surface area contributed by atoms with Crippen molar-refractivity contribution >= 4 is 34.5 Å². The second-order valence-electron chi connectivity index (χ2n) is 8.95. The lowest BCUT2D eigenvalue weighted by atomic mass is 10.1. The first kappa shape index (κ1) is 25.9. The van der Waals surface area contributed by atoms with Gasteiger partial charge < -0.3 is 30.9 Å². The van der Waals surface area contributed by atoms with Crippen molar-refractivity contribution in [1.82, 2.24) is 24.8 Å². The normalized spacial score (nSPS) is 21.8. The number of nitrogens with zero attached hydrogens (tertiary/aromatic N) is 4. The molecule has 12 heteroatoms. The van der Waals surface area contributed by atoms with Crippen LogP contribution in [0, 0.1) is 0 Å². The summed E-state index contributed by atoms with van der Waals surface area (Å²) in [6.45, 7) is 2.34. The fourth-order valence-electron chi connectivity index (χ4n) is 4.43. The second-order valence-corrected chi connectivity index (χ2v) is 9.39. The van der Waals surface area contributed by atoms with Gasteiger partial charge in [0.2, 0.25) is 0 Å². The number of carbonyl (C=O) groups is 1. The lowest BCUT2D eigenvalue weighted by molar-refractivity contribution is -0.134. The van der Waals surface area contributed by atoms with Gasteiger partial charge in [0.25, 0.3) is 5.91 Å². The zero-order chi connectivity index (χ0) is 26.8. The first-order valence-corrected chi connectivity index (χ1v) is 12.5. The van der Waals surface area contributed by atoms with E-state index in [-0.39, 0.29) is 6.10 Å². The highest BCUT2D eigenvalue weighted by atomic mass is 35.5. The molecule has 0 aliphatic carbocycles. The molecule has 1 saturated heterocycles. The summed E-state index contributed by atoms with van der Waals surface area (Å²) in [5.41, 5.74) is 8.80. The van der Waals surface area contributed by atoms with E-state index in [4.69, 9.17) is 26.8 Å². The first-order chi connectivity index (χ1) is 18.4. The van der Waals surface area contributed by atoms with Crippen molar-refractivity contribution < 1.29 is 19.4 Å². The van der Waals surface area contributed by atoms with Crippen molar-refractivity contribution in [3.63, 3.8) is 0 Å². The monoisotopic (exact) mass is 537 g/mol. The summed E-state index contributed by atoms with van der Waals surface area (Å²) in [6.07, 6.45) is -0.386. The fraction of sp³-hybridized carbons (Fsp3) is 0.308. The van der Waals surface area contributed by atoms with Gasteiger partial charge in [0.1, 0.15) is 24.3 Å². The van der Waals surface area contributed by atoms with E-state index >= 15 is 0 Å². The van der Waals surface area contributed by atoms with Crippen LogP contribution in [0.3, 0.4) is 0 Å². The summed E-state index contributed by atoms with van der Waals surface area (Å²) in [7, 11) is 1.48. The number of aliphatic hydroxyl groups is 1. The summed E-state index contributed by atoms with van der Waals surface area (Å²) in [6, 6.07) is 14.5. The van der Waals surface area contributed by atoms with Crippen LogP contribution in [0.25, 0.3) is 11.2 Å². The number of hydrogen-bond acceptors (Lipinski definition) is 9. The Morgan fingerprint density at radius 2 is 2.03 bits per heavy atom. The molecule has 5 N–H and O–H groups in total. The molecule has 0 spiro atoms. The minimum absolute atomic E-state index is 0.166. The number of carbonyl (C=O) groups excluding carboxylic acids is 1. The molecular weight excluding hydrogens is 510 g/mol. The first-order valence-electron chi connectivity index (χ1n) is 12.1. The molecule has 198 valence electrons. The number of benzene rings is 2. The molecule has 4 aromatic rings. The standard InChI is InChI=1S/C26H28ClN7O4/c1-14(15-6-4-3-5-7-15)37-18-9-8-17(27)10-16(18)11-30-23-20-24(32-12-31-23)34(13-33-20)26-21(35)19(28)22(38-26)25(36)29-2/h3-10,12-14,19,21-22,26,35H,11,28H2,1-2H3,(H,29,36)(H,30,31,32)/t14?,19-,21+,22-,26+/m0/s1. The Balaban J connectivity index is 1.37. The van der Waals surface area contributed by atoms with Gasteiger partial charge >= 0.3 is 0 Å². The number of hydrogen-bond donors (Lipinski definition) is 4. The predicted octanol–water partition coefficient (Wildman–Crippen LogP) is 2.56. The quantitative estimate of drug-likeness (QED) is 0.266. The van der Waals surface area contributed by atoms with Crippen LogP contribution in [0.5, 0.6) is 5.75 Å².